The molecular weight excluding hydrogens is 278 g/mol. The van der Waals surface area contributed by atoms with Crippen molar-refractivity contribution < 1.29 is 4.79 Å². The van der Waals surface area contributed by atoms with Crippen molar-refractivity contribution in [1.82, 2.24) is 24.9 Å². The first-order chi connectivity index (χ1) is 10.5. The number of aromatic amines is 1. The zero-order chi connectivity index (χ0) is 15.9. The normalized spacial score (nSPS) is 14.4. The molecule has 0 aliphatic heterocycles. The molecule has 2 heterocycles. The summed E-state index contributed by atoms with van der Waals surface area (Å²) in [5.41, 5.74) is 4.82. The summed E-state index contributed by atoms with van der Waals surface area (Å²) >= 11 is 0. The fraction of sp³-hybridized carbons (Fsp3) is 0.562. The number of rotatable bonds is 5. The summed E-state index contributed by atoms with van der Waals surface area (Å²) < 4.78 is 1.97. The average Bonchev–Trinajstić information content (AvgIpc) is 3.18. The van der Waals surface area contributed by atoms with Crippen LogP contribution in [0.15, 0.2) is 6.07 Å². The van der Waals surface area contributed by atoms with Crippen LogP contribution in [0.2, 0.25) is 0 Å². The number of nitrogens with one attached hydrogen (secondary N) is 1. The molecule has 2 aromatic rings. The highest BCUT2D eigenvalue weighted by atomic mass is 16.2. The van der Waals surface area contributed by atoms with Crippen LogP contribution in [0.25, 0.3) is 0 Å². The molecule has 118 valence electrons. The Kier molecular flexibility index (Phi) is 3.76. The molecule has 6 heteroatoms. The fourth-order valence-electron chi connectivity index (χ4n) is 2.82. The third-order valence-corrected chi connectivity index (χ3v) is 4.41. The minimum absolute atomic E-state index is 0.0498. The highest BCUT2D eigenvalue weighted by molar-refractivity contribution is 5.92. The molecule has 6 nitrogen and oxygen atoms in total. The molecule has 0 radical (unpaired) electrons. The predicted octanol–water partition coefficient (Wildman–Crippen LogP) is 2.39. The van der Waals surface area contributed by atoms with Gasteiger partial charge in [0.2, 0.25) is 0 Å². The molecular formula is C16H23N5O. The van der Waals surface area contributed by atoms with E-state index in [0.717, 1.165) is 29.2 Å². The minimum atomic E-state index is -0.0498. The van der Waals surface area contributed by atoms with E-state index in [4.69, 9.17) is 0 Å². The molecule has 1 amide bonds. The zero-order valence-corrected chi connectivity index (χ0v) is 13.7. The van der Waals surface area contributed by atoms with E-state index < -0.39 is 0 Å². The Hall–Kier alpha value is -2.11. The second-order valence-electron chi connectivity index (χ2n) is 6.11. The maximum absolute atomic E-state index is 12.5. The average molecular weight is 301 g/mol. The van der Waals surface area contributed by atoms with Gasteiger partial charge in [-0.05, 0) is 39.7 Å². The Balaban J connectivity index is 1.74. The lowest BCUT2D eigenvalue weighted by molar-refractivity contribution is 0.0779. The Labute approximate surface area is 130 Å². The number of H-pyrrole nitrogens is 1. The third-order valence-electron chi connectivity index (χ3n) is 4.41. The molecule has 22 heavy (non-hydrogen) atoms. The van der Waals surface area contributed by atoms with Crippen molar-refractivity contribution in [3.05, 3.63) is 34.4 Å². The number of nitrogens with zero attached hydrogens (tertiary/aromatic N) is 4. The topological polar surface area (TPSA) is 66.8 Å². The van der Waals surface area contributed by atoms with E-state index in [1.807, 2.05) is 24.7 Å². The monoisotopic (exact) mass is 301 g/mol. The van der Waals surface area contributed by atoms with Crippen molar-refractivity contribution in [2.75, 3.05) is 7.05 Å². The van der Waals surface area contributed by atoms with Crippen LogP contribution in [0.5, 0.6) is 0 Å². The zero-order valence-electron chi connectivity index (χ0n) is 13.7. The second-order valence-corrected chi connectivity index (χ2v) is 6.11. The standard InChI is InChI=1S/C16H23N5O/c1-5-21-11(3)13(10(2)19-21)9-20(4)16(22)15-8-14(17-18-15)12-6-7-12/h8,12H,5-7,9H2,1-4H3,(H,17,18). The molecule has 0 saturated heterocycles. The summed E-state index contributed by atoms with van der Waals surface area (Å²) in [7, 11) is 1.82. The molecule has 0 unspecified atom stereocenters. The minimum Gasteiger partial charge on any atom is -0.336 e. The first-order valence-corrected chi connectivity index (χ1v) is 7.85. The number of aryl methyl sites for hydroxylation is 2. The van der Waals surface area contributed by atoms with Crippen molar-refractivity contribution in [3.8, 4) is 0 Å². The van der Waals surface area contributed by atoms with Crippen molar-refractivity contribution in [2.45, 2.75) is 52.6 Å². The summed E-state index contributed by atoms with van der Waals surface area (Å²) in [6.07, 6.45) is 2.39. The van der Waals surface area contributed by atoms with E-state index in [2.05, 4.69) is 29.1 Å². The Morgan fingerprint density at radius 3 is 2.77 bits per heavy atom. The van der Waals surface area contributed by atoms with E-state index in [1.54, 1.807) is 4.90 Å². The van der Waals surface area contributed by atoms with Crippen molar-refractivity contribution in [1.29, 1.82) is 0 Å². The molecule has 1 aliphatic rings. The van der Waals surface area contributed by atoms with E-state index in [0.29, 0.717) is 18.2 Å². The van der Waals surface area contributed by atoms with Gasteiger partial charge in [-0.1, -0.05) is 0 Å². The molecule has 3 rings (SSSR count). The highest BCUT2D eigenvalue weighted by Crippen LogP contribution is 2.39. The largest absolute Gasteiger partial charge is 0.336 e. The summed E-state index contributed by atoms with van der Waals surface area (Å²) in [5.74, 6) is 0.526. The van der Waals surface area contributed by atoms with Crippen LogP contribution in [0.3, 0.4) is 0 Å². The van der Waals surface area contributed by atoms with Crippen molar-refractivity contribution in [2.24, 2.45) is 0 Å². The quantitative estimate of drug-likeness (QED) is 0.922. The van der Waals surface area contributed by atoms with Crippen LogP contribution in [0, 0.1) is 13.8 Å². The smallest absolute Gasteiger partial charge is 0.274 e. The van der Waals surface area contributed by atoms with Gasteiger partial charge in [0.05, 0.1) is 5.69 Å². The van der Waals surface area contributed by atoms with Gasteiger partial charge in [-0.15, -0.1) is 0 Å². The summed E-state index contributed by atoms with van der Waals surface area (Å²) in [4.78, 5) is 14.2. The van der Waals surface area contributed by atoms with E-state index in [9.17, 15) is 4.79 Å². The van der Waals surface area contributed by atoms with Gasteiger partial charge in [0.1, 0.15) is 5.69 Å². The molecule has 1 saturated carbocycles. The molecule has 1 N–H and O–H groups in total. The fourth-order valence-corrected chi connectivity index (χ4v) is 2.82. The van der Waals surface area contributed by atoms with Gasteiger partial charge in [0.25, 0.3) is 5.91 Å². The lowest BCUT2D eigenvalue weighted by Crippen LogP contribution is -2.27. The number of carbonyl (C=O) groups is 1. The second kappa shape index (κ2) is 5.59. The molecule has 0 atom stereocenters. The maximum atomic E-state index is 12.5. The maximum Gasteiger partial charge on any atom is 0.274 e. The third kappa shape index (κ3) is 2.65. The number of amides is 1. The van der Waals surface area contributed by atoms with Gasteiger partial charge in [-0.3, -0.25) is 14.6 Å². The number of hydrogen-bond acceptors (Lipinski definition) is 3. The Morgan fingerprint density at radius 1 is 1.45 bits per heavy atom. The SMILES string of the molecule is CCn1nc(C)c(CN(C)C(=O)c2cc(C3CC3)[nH]n2)c1C. The van der Waals surface area contributed by atoms with Crippen LogP contribution in [-0.2, 0) is 13.1 Å². The first-order valence-electron chi connectivity index (χ1n) is 7.85. The van der Waals surface area contributed by atoms with Crippen LogP contribution in [0.4, 0.5) is 0 Å². The molecule has 0 aromatic carbocycles. The van der Waals surface area contributed by atoms with E-state index in [1.165, 1.54) is 12.8 Å². The molecule has 1 aliphatic carbocycles. The van der Waals surface area contributed by atoms with E-state index >= 15 is 0 Å². The molecule has 1 fully saturated rings. The van der Waals surface area contributed by atoms with Crippen LogP contribution in [-0.4, -0.2) is 37.8 Å². The number of aromatic nitrogens is 4. The Morgan fingerprint density at radius 2 is 2.18 bits per heavy atom. The van der Waals surface area contributed by atoms with Crippen LogP contribution in [0.1, 0.15) is 58.8 Å². The molecule has 0 spiro atoms. The highest BCUT2D eigenvalue weighted by Gasteiger charge is 2.27. The summed E-state index contributed by atoms with van der Waals surface area (Å²) in [6.45, 7) is 7.52. The van der Waals surface area contributed by atoms with Gasteiger partial charge in [0.15, 0.2) is 0 Å². The molecule has 0 bridgehead atoms. The lowest BCUT2D eigenvalue weighted by Gasteiger charge is -2.16. The van der Waals surface area contributed by atoms with Crippen molar-refractivity contribution in [3.63, 3.8) is 0 Å². The Bertz CT molecular complexity index is 695. The van der Waals surface area contributed by atoms with Gasteiger partial charge >= 0.3 is 0 Å². The lowest BCUT2D eigenvalue weighted by atomic mass is 10.2. The summed E-state index contributed by atoms with van der Waals surface area (Å²) in [6, 6.07) is 1.89. The van der Waals surface area contributed by atoms with Gasteiger partial charge in [0, 0.05) is 43.0 Å². The van der Waals surface area contributed by atoms with Gasteiger partial charge in [-0.25, -0.2) is 0 Å². The number of hydrogen-bond donors (Lipinski definition) is 1. The van der Waals surface area contributed by atoms with Crippen LogP contribution >= 0.6 is 0 Å². The summed E-state index contributed by atoms with van der Waals surface area (Å²) in [5, 5.41) is 11.7. The van der Waals surface area contributed by atoms with Crippen molar-refractivity contribution >= 4 is 5.91 Å². The number of carbonyl (C=O) groups excluding carboxylic acids is 1. The van der Waals surface area contributed by atoms with E-state index in [-0.39, 0.29) is 5.91 Å². The molecule has 2 aromatic heterocycles. The van der Waals surface area contributed by atoms with Crippen LogP contribution < -0.4 is 0 Å². The first kappa shape index (κ1) is 14.8. The van der Waals surface area contributed by atoms with Gasteiger partial charge in [-0.2, -0.15) is 10.2 Å². The predicted molar refractivity (Wildman–Crippen MR) is 83.7 cm³/mol. The van der Waals surface area contributed by atoms with Gasteiger partial charge < -0.3 is 4.90 Å².